The maximum Gasteiger partial charge on any atom is 0.253 e. The largest absolute Gasteiger partial charge is 0.366 e. The summed E-state index contributed by atoms with van der Waals surface area (Å²) in [7, 11) is 0. The number of amides is 1. The van der Waals surface area contributed by atoms with Crippen LogP contribution in [0.4, 0.5) is 0 Å². The molecule has 3 rings (SSSR count). The van der Waals surface area contributed by atoms with Crippen LogP contribution in [-0.2, 0) is 9.53 Å². The van der Waals surface area contributed by atoms with Gasteiger partial charge >= 0.3 is 0 Å². The number of benzene rings is 1. The summed E-state index contributed by atoms with van der Waals surface area (Å²) in [5.41, 5.74) is 1.26. The average molecular weight is 411 g/mol. The van der Waals surface area contributed by atoms with Gasteiger partial charge in [0.2, 0.25) is 0 Å². The fourth-order valence-corrected chi connectivity index (χ4v) is 3.34. The van der Waals surface area contributed by atoms with Crippen molar-refractivity contribution in [2.24, 2.45) is 0 Å². The van der Waals surface area contributed by atoms with Gasteiger partial charge in [-0.2, -0.15) is 0 Å². The summed E-state index contributed by atoms with van der Waals surface area (Å²) in [5.74, 6) is 0.121. The molecule has 1 N–H and O–H groups in total. The highest BCUT2D eigenvalue weighted by Gasteiger charge is 2.30. The maximum absolute atomic E-state index is 12.5. The summed E-state index contributed by atoms with van der Waals surface area (Å²) >= 11 is 5.96. The van der Waals surface area contributed by atoms with Gasteiger partial charge in [-0.3, -0.25) is 9.69 Å². The zero-order valence-corrected chi connectivity index (χ0v) is 16.7. The van der Waals surface area contributed by atoms with Crippen molar-refractivity contribution < 1.29 is 9.53 Å². The lowest BCUT2D eigenvalue weighted by molar-refractivity contribution is -0.147. The van der Waals surface area contributed by atoms with Crippen molar-refractivity contribution in [3.05, 3.63) is 34.9 Å². The summed E-state index contributed by atoms with van der Waals surface area (Å²) in [6, 6.07) is 8.34. The summed E-state index contributed by atoms with van der Waals surface area (Å²) in [4.78, 5) is 16.8. The van der Waals surface area contributed by atoms with Crippen LogP contribution in [0.3, 0.4) is 0 Å². The first-order valence-corrected chi connectivity index (χ1v) is 8.63. The Bertz CT molecular complexity index is 530. The molecule has 1 aromatic carbocycles. The van der Waals surface area contributed by atoms with Crippen LogP contribution < -0.4 is 5.32 Å². The number of rotatable bonds is 3. The van der Waals surface area contributed by atoms with Crippen LogP contribution >= 0.6 is 36.4 Å². The summed E-state index contributed by atoms with van der Waals surface area (Å²) in [6.45, 7) is 7.56. The van der Waals surface area contributed by atoms with Crippen LogP contribution in [0.1, 0.15) is 18.5 Å². The van der Waals surface area contributed by atoms with Crippen LogP contribution in [0, 0.1) is 0 Å². The van der Waals surface area contributed by atoms with Crippen LogP contribution in [0.15, 0.2) is 24.3 Å². The van der Waals surface area contributed by atoms with Crippen LogP contribution in [0.5, 0.6) is 0 Å². The first-order valence-electron chi connectivity index (χ1n) is 8.26. The maximum atomic E-state index is 12.5. The molecule has 1 amide bonds. The van der Waals surface area contributed by atoms with E-state index in [1.807, 2.05) is 17.0 Å². The lowest BCUT2D eigenvalue weighted by Crippen LogP contribution is -2.55. The molecular weight excluding hydrogens is 385 g/mol. The Balaban J connectivity index is 0.00000156. The second kappa shape index (κ2) is 10.6. The molecule has 1 aromatic rings. The number of ether oxygens (including phenoxy) is 1. The third-order valence-electron chi connectivity index (χ3n) is 4.73. The molecule has 8 heteroatoms. The van der Waals surface area contributed by atoms with Gasteiger partial charge in [-0.1, -0.05) is 23.7 Å². The Labute approximate surface area is 166 Å². The van der Waals surface area contributed by atoms with E-state index >= 15 is 0 Å². The van der Waals surface area contributed by atoms with Gasteiger partial charge in [-0.05, 0) is 24.6 Å². The van der Waals surface area contributed by atoms with Crippen molar-refractivity contribution in [3.8, 4) is 0 Å². The summed E-state index contributed by atoms with van der Waals surface area (Å²) in [6.07, 6.45) is -0.316. The minimum atomic E-state index is -0.316. The molecule has 2 aliphatic rings. The van der Waals surface area contributed by atoms with Crippen molar-refractivity contribution in [2.75, 3.05) is 45.9 Å². The van der Waals surface area contributed by atoms with Crippen molar-refractivity contribution in [1.29, 1.82) is 0 Å². The van der Waals surface area contributed by atoms with Gasteiger partial charge in [0.25, 0.3) is 5.91 Å². The molecule has 2 unspecified atom stereocenters. The van der Waals surface area contributed by atoms with Crippen LogP contribution in [-0.4, -0.2) is 67.7 Å². The topological polar surface area (TPSA) is 44.8 Å². The number of morpholine rings is 1. The highest BCUT2D eigenvalue weighted by atomic mass is 35.5. The number of hydrogen-bond acceptors (Lipinski definition) is 4. The molecule has 2 fully saturated rings. The monoisotopic (exact) mass is 409 g/mol. The molecule has 0 radical (unpaired) electrons. The molecule has 0 saturated carbocycles. The van der Waals surface area contributed by atoms with Gasteiger partial charge in [-0.15, -0.1) is 24.8 Å². The lowest BCUT2D eigenvalue weighted by atomic mass is 10.1. The number of nitrogens with one attached hydrogen (secondary N) is 1. The molecule has 2 aliphatic heterocycles. The molecule has 2 atom stereocenters. The van der Waals surface area contributed by atoms with Gasteiger partial charge in [0.15, 0.2) is 0 Å². The predicted molar refractivity (Wildman–Crippen MR) is 105 cm³/mol. The van der Waals surface area contributed by atoms with Gasteiger partial charge in [0.05, 0.1) is 6.61 Å². The van der Waals surface area contributed by atoms with E-state index in [1.54, 1.807) is 0 Å². The fourth-order valence-electron chi connectivity index (χ4n) is 3.21. The first-order chi connectivity index (χ1) is 11.1. The number of carbonyl (C=O) groups is 1. The van der Waals surface area contributed by atoms with E-state index in [9.17, 15) is 4.79 Å². The van der Waals surface area contributed by atoms with Gasteiger partial charge in [0.1, 0.15) is 6.10 Å². The molecular formula is C17H26Cl3N3O2. The number of hydrogen-bond donors (Lipinski definition) is 1. The van der Waals surface area contributed by atoms with E-state index in [1.165, 1.54) is 5.56 Å². The standard InChI is InChI=1S/C17H24ClN3O2.2ClH/c1-13(14-2-4-15(18)5-3-14)20-7-9-21(10-8-20)17(22)16-12-19-6-11-23-16;;/h2-5,13,16,19H,6-12H2,1H3;2*1H. The molecule has 2 heterocycles. The van der Waals surface area contributed by atoms with Crippen LogP contribution in [0.25, 0.3) is 0 Å². The second-order valence-electron chi connectivity index (χ2n) is 6.15. The van der Waals surface area contributed by atoms with Crippen LogP contribution in [0.2, 0.25) is 5.02 Å². The highest BCUT2D eigenvalue weighted by Crippen LogP contribution is 2.23. The number of halogens is 3. The third-order valence-corrected chi connectivity index (χ3v) is 4.98. The fraction of sp³-hybridized carbons (Fsp3) is 0.588. The molecule has 0 bridgehead atoms. The van der Waals surface area contributed by atoms with Crippen molar-refractivity contribution in [1.82, 2.24) is 15.1 Å². The first kappa shape index (κ1) is 22.5. The average Bonchev–Trinajstić information content (AvgIpc) is 2.62. The molecule has 142 valence electrons. The van der Waals surface area contributed by atoms with E-state index < -0.39 is 0 Å². The Hall–Kier alpha value is -0.560. The molecule has 25 heavy (non-hydrogen) atoms. The summed E-state index contributed by atoms with van der Waals surface area (Å²) in [5, 5.41) is 3.98. The quantitative estimate of drug-likeness (QED) is 0.831. The predicted octanol–water partition coefficient (Wildman–Crippen LogP) is 2.38. The van der Waals surface area contributed by atoms with E-state index in [4.69, 9.17) is 16.3 Å². The zero-order chi connectivity index (χ0) is 16.2. The molecule has 0 aliphatic carbocycles. The Morgan fingerprint density at radius 3 is 2.40 bits per heavy atom. The van der Waals surface area contributed by atoms with Crippen molar-refractivity contribution in [3.63, 3.8) is 0 Å². The Morgan fingerprint density at radius 2 is 1.84 bits per heavy atom. The van der Waals surface area contributed by atoms with E-state index in [0.29, 0.717) is 19.2 Å². The van der Waals surface area contributed by atoms with E-state index in [-0.39, 0.29) is 36.8 Å². The normalized spacial score (nSPS) is 22.5. The van der Waals surface area contributed by atoms with E-state index in [2.05, 4.69) is 29.3 Å². The molecule has 0 aromatic heterocycles. The molecule has 5 nitrogen and oxygen atoms in total. The Morgan fingerprint density at radius 1 is 1.20 bits per heavy atom. The van der Waals surface area contributed by atoms with Crippen molar-refractivity contribution in [2.45, 2.75) is 19.1 Å². The second-order valence-corrected chi connectivity index (χ2v) is 6.59. The smallest absolute Gasteiger partial charge is 0.253 e. The minimum absolute atomic E-state index is 0. The third kappa shape index (κ3) is 5.71. The summed E-state index contributed by atoms with van der Waals surface area (Å²) < 4.78 is 5.57. The minimum Gasteiger partial charge on any atom is -0.366 e. The number of piperazine rings is 1. The molecule has 2 saturated heterocycles. The van der Waals surface area contributed by atoms with Gasteiger partial charge in [-0.25, -0.2) is 0 Å². The van der Waals surface area contributed by atoms with Gasteiger partial charge < -0.3 is 15.0 Å². The lowest BCUT2D eigenvalue weighted by Gasteiger charge is -2.39. The SMILES string of the molecule is CC(c1ccc(Cl)cc1)N1CCN(C(=O)C2CNCCO2)CC1.Cl.Cl. The zero-order valence-electron chi connectivity index (χ0n) is 14.3. The van der Waals surface area contributed by atoms with E-state index in [0.717, 1.165) is 37.7 Å². The Kier molecular flexibility index (Phi) is 9.49. The number of nitrogens with zero attached hydrogens (tertiary/aromatic N) is 2. The van der Waals surface area contributed by atoms with Crippen molar-refractivity contribution >= 4 is 42.3 Å². The van der Waals surface area contributed by atoms with Gasteiger partial charge in [0, 0.05) is 50.3 Å². The number of carbonyl (C=O) groups excluding carboxylic acids is 1. The molecule has 0 spiro atoms. The highest BCUT2D eigenvalue weighted by molar-refractivity contribution is 6.30.